The van der Waals surface area contributed by atoms with Crippen molar-refractivity contribution in [3.05, 3.63) is 0 Å². The van der Waals surface area contributed by atoms with Gasteiger partial charge in [-0.3, -0.25) is 4.90 Å². The molecule has 1 aliphatic carbocycles. The lowest BCUT2D eigenvalue weighted by atomic mass is 10.1. The molecular formula is C8H15NS. The minimum absolute atomic E-state index is 0.703. The zero-order valence-electron chi connectivity index (χ0n) is 6.60. The summed E-state index contributed by atoms with van der Waals surface area (Å²) in [6.45, 7) is 1.34. The SMILES string of the molecule is CN1CSC2(CCCC2)C1. The predicted octanol–water partition coefficient (Wildman–Crippen LogP) is 1.94. The van der Waals surface area contributed by atoms with E-state index in [2.05, 4.69) is 23.7 Å². The van der Waals surface area contributed by atoms with Crippen LogP contribution in [-0.4, -0.2) is 29.1 Å². The minimum atomic E-state index is 0.703. The Morgan fingerprint density at radius 2 is 2.00 bits per heavy atom. The second-order valence-corrected chi connectivity index (χ2v) is 5.09. The Labute approximate surface area is 67.2 Å². The first-order chi connectivity index (χ1) is 4.81. The fraction of sp³-hybridized carbons (Fsp3) is 1.00. The van der Waals surface area contributed by atoms with Gasteiger partial charge in [-0.15, -0.1) is 11.8 Å². The molecule has 1 aliphatic heterocycles. The molecule has 0 N–H and O–H groups in total. The molecule has 0 radical (unpaired) electrons. The van der Waals surface area contributed by atoms with Crippen molar-refractivity contribution in [3.8, 4) is 0 Å². The van der Waals surface area contributed by atoms with E-state index >= 15 is 0 Å². The molecule has 1 spiro atoms. The lowest BCUT2D eigenvalue weighted by Crippen LogP contribution is -2.26. The average Bonchev–Trinajstić information content (AvgIpc) is 2.46. The number of rotatable bonds is 0. The van der Waals surface area contributed by atoms with E-state index in [-0.39, 0.29) is 0 Å². The molecule has 10 heavy (non-hydrogen) atoms. The fourth-order valence-electron chi connectivity index (χ4n) is 2.15. The van der Waals surface area contributed by atoms with Crippen LogP contribution in [0.15, 0.2) is 0 Å². The van der Waals surface area contributed by atoms with Gasteiger partial charge in [0.2, 0.25) is 0 Å². The second-order valence-electron chi connectivity index (χ2n) is 3.68. The van der Waals surface area contributed by atoms with Crippen LogP contribution < -0.4 is 0 Å². The lowest BCUT2D eigenvalue weighted by molar-refractivity contribution is 0.371. The largest absolute Gasteiger partial charge is 0.296 e. The Hall–Kier alpha value is 0.310. The van der Waals surface area contributed by atoms with Gasteiger partial charge in [-0.25, -0.2) is 0 Å². The van der Waals surface area contributed by atoms with Crippen molar-refractivity contribution in [2.24, 2.45) is 0 Å². The van der Waals surface area contributed by atoms with E-state index in [1.165, 1.54) is 38.1 Å². The van der Waals surface area contributed by atoms with Gasteiger partial charge in [-0.1, -0.05) is 12.8 Å². The molecule has 0 amide bonds. The van der Waals surface area contributed by atoms with E-state index in [1.807, 2.05) is 0 Å². The van der Waals surface area contributed by atoms with Gasteiger partial charge in [0, 0.05) is 17.2 Å². The van der Waals surface area contributed by atoms with Crippen molar-refractivity contribution in [3.63, 3.8) is 0 Å². The summed E-state index contributed by atoms with van der Waals surface area (Å²) in [6.07, 6.45) is 5.89. The van der Waals surface area contributed by atoms with Crippen LogP contribution in [0.4, 0.5) is 0 Å². The van der Waals surface area contributed by atoms with E-state index in [1.54, 1.807) is 0 Å². The quantitative estimate of drug-likeness (QED) is 0.528. The standard InChI is InChI=1S/C8H15NS/c1-9-6-8(10-7-9)4-2-3-5-8/h2-7H2,1H3. The van der Waals surface area contributed by atoms with Gasteiger partial charge in [0.1, 0.15) is 0 Å². The van der Waals surface area contributed by atoms with Crippen molar-refractivity contribution in [2.45, 2.75) is 30.4 Å². The Morgan fingerprint density at radius 3 is 2.50 bits per heavy atom. The van der Waals surface area contributed by atoms with E-state index < -0.39 is 0 Å². The molecule has 2 heteroatoms. The van der Waals surface area contributed by atoms with Gasteiger partial charge in [0.05, 0.1) is 0 Å². The highest BCUT2D eigenvalue weighted by atomic mass is 32.2. The summed E-state index contributed by atoms with van der Waals surface area (Å²) in [4.78, 5) is 2.45. The summed E-state index contributed by atoms with van der Waals surface area (Å²) in [6, 6.07) is 0. The maximum atomic E-state index is 2.45. The van der Waals surface area contributed by atoms with Crippen LogP contribution in [0.2, 0.25) is 0 Å². The summed E-state index contributed by atoms with van der Waals surface area (Å²) in [5.74, 6) is 1.26. The summed E-state index contributed by atoms with van der Waals surface area (Å²) in [5.41, 5.74) is 0. The number of thioether (sulfide) groups is 1. The predicted molar refractivity (Wildman–Crippen MR) is 46.3 cm³/mol. The average molecular weight is 157 g/mol. The third kappa shape index (κ3) is 1.08. The molecule has 2 fully saturated rings. The van der Waals surface area contributed by atoms with Crippen molar-refractivity contribution in [1.82, 2.24) is 4.90 Å². The second kappa shape index (κ2) is 2.42. The molecule has 0 aromatic rings. The molecule has 1 heterocycles. The minimum Gasteiger partial charge on any atom is -0.296 e. The Kier molecular flexibility index (Phi) is 1.69. The van der Waals surface area contributed by atoms with Crippen LogP contribution >= 0.6 is 11.8 Å². The molecular weight excluding hydrogens is 142 g/mol. The molecule has 0 atom stereocenters. The summed E-state index contributed by atoms with van der Waals surface area (Å²) >= 11 is 2.19. The molecule has 0 unspecified atom stereocenters. The van der Waals surface area contributed by atoms with Gasteiger partial charge < -0.3 is 0 Å². The van der Waals surface area contributed by atoms with E-state index in [0.29, 0.717) is 4.75 Å². The first-order valence-electron chi connectivity index (χ1n) is 4.13. The van der Waals surface area contributed by atoms with Crippen LogP contribution in [0.25, 0.3) is 0 Å². The highest BCUT2D eigenvalue weighted by Gasteiger charge is 2.39. The molecule has 1 nitrogen and oxygen atoms in total. The van der Waals surface area contributed by atoms with Crippen LogP contribution in [0.3, 0.4) is 0 Å². The number of nitrogens with zero attached hydrogens (tertiary/aromatic N) is 1. The van der Waals surface area contributed by atoms with Gasteiger partial charge >= 0.3 is 0 Å². The maximum Gasteiger partial charge on any atom is 0.0447 e. The first-order valence-corrected chi connectivity index (χ1v) is 5.12. The molecule has 58 valence electrons. The van der Waals surface area contributed by atoms with Gasteiger partial charge in [0.25, 0.3) is 0 Å². The topological polar surface area (TPSA) is 3.24 Å². The van der Waals surface area contributed by atoms with Gasteiger partial charge in [-0.2, -0.15) is 0 Å². The molecule has 2 rings (SSSR count). The monoisotopic (exact) mass is 157 g/mol. The third-order valence-corrected chi connectivity index (χ3v) is 4.38. The Balaban J connectivity index is 2.03. The van der Waals surface area contributed by atoms with Crippen LogP contribution in [-0.2, 0) is 0 Å². The fourth-order valence-corrected chi connectivity index (χ4v) is 3.63. The summed E-state index contributed by atoms with van der Waals surface area (Å²) in [5, 5.41) is 0. The highest BCUT2D eigenvalue weighted by Crippen LogP contribution is 2.45. The normalized spacial score (nSPS) is 32.1. The van der Waals surface area contributed by atoms with Crippen LogP contribution in [0.1, 0.15) is 25.7 Å². The molecule has 2 aliphatic rings. The van der Waals surface area contributed by atoms with Gasteiger partial charge in [-0.05, 0) is 19.9 Å². The molecule has 1 saturated carbocycles. The Morgan fingerprint density at radius 1 is 1.30 bits per heavy atom. The molecule has 0 aromatic carbocycles. The van der Waals surface area contributed by atoms with E-state index in [9.17, 15) is 0 Å². The van der Waals surface area contributed by atoms with Crippen LogP contribution in [0, 0.1) is 0 Å². The third-order valence-electron chi connectivity index (χ3n) is 2.66. The van der Waals surface area contributed by atoms with Crippen molar-refractivity contribution < 1.29 is 0 Å². The summed E-state index contributed by atoms with van der Waals surface area (Å²) in [7, 11) is 2.24. The number of hydrogen-bond acceptors (Lipinski definition) is 2. The molecule has 0 aromatic heterocycles. The maximum absolute atomic E-state index is 2.45. The smallest absolute Gasteiger partial charge is 0.0447 e. The first kappa shape index (κ1) is 6.99. The zero-order valence-corrected chi connectivity index (χ0v) is 7.41. The molecule has 1 saturated heterocycles. The lowest BCUT2D eigenvalue weighted by Gasteiger charge is -2.20. The van der Waals surface area contributed by atoms with E-state index in [0.717, 1.165) is 0 Å². The Bertz CT molecular complexity index is 129. The molecule has 0 bridgehead atoms. The number of hydrogen-bond donors (Lipinski definition) is 0. The zero-order chi connectivity index (χ0) is 7.03. The van der Waals surface area contributed by atoms with Gasteiger partial charge in [0.15, 0.2) is 0 Å². The van der Waals surface area contributed by atoms with Crippen LogP contribution in [0.5, 0.6) is 0 Å². The highest BCUT2D eigenvalue weighted by molar-refractivity contribution is 8.00. The van der Waals surface area contributed by atoms with E-state index in [4.69, 9.17) is 0 Å². The van der Waals surface area contributed by atoms with Crippen molar-refractivity contribution in [2.75, 3.05) is 19.5 Å². The summed E-state index contributed by atoms with van der Waals surface area (Å²) < 4.78 is 0.703. The van der Waals surface area contributed by atoms with Crippen molar-refractivity contribution in [1.29, 1.82) is 0 Å². The van der Waals surface area contributed by atoms with Crippen molar-refractivity contribution >= 4 is 11.8 Å².